The van der Waals surface area contributed by atoms with Gasteiger partial charge in [0.25, 0.3) is 0 Å². The minimum Gasteiger partial charge on any atom is -0.465 e. The van der Waals surface area contributed by atoms with Crippen molar-refractivity contribution in [3.63, 3.8) is 0 Å². The van der Waals surface area contributed by atoms with Crippen molar-refractivity contribution in [3.8, 4) is 0 Å². The molecule has 3 N–H and O–H groups in total. The second-order valence-corrected chi connectivity index (χ2v) is 4.09. The Morgan fingerprint density at radius 3 is 2.46 bits per heavy atom. The first kappa shape index (κ1) is 10.5. The molecule has 0 saturated heterocycles. The predicted octanol–water partition coefficient (Wildman–Crippen LogP) is 0.742. The van der Waals surface area contributed by atoms with Crippen molar-refractivity contribution in [2.75, 3.05) is 13.2 Å². The summed E-state index contributed by atoms with van der Waals surface area (Å²) in [5.41, 5.74) is 4.17. The number of rotatable bonds is 3. The van der Waals surface area contributed by atoms with Gasteiger partial charge in [-0.15, -0.1) is 0 Å². The van der Waals surface area contributed by atoms with Crippen LogP contribution in [-0.2, 0) is 9.53 Å². The number of carbonyl (C=O) groups excluding carboxylic acids is 1. The van der Waals surface area contributed by atoms with E-state index in [9.17, 15) is 4.79 Å². The van der Waals surface area contributed by atoms with Crippen LogP contribution in [0.1, 0.15) is 39.0 Å². The van der Waals surface area contributed by atoms with Crippen molar-refractivity contribution in [2.24, 2.45) is 5.41 Å². The Bertz CT molecular complexity index is 174. The van der Waals surface area contributed by atoms with E-state index in [1.165, 1.54) is 39.0 Å². The van der Waals surface area contributed by atoms with Gasteiger partial charge in [-0.1, -0.05) is 19.3 Å². The Balaban J connectivity index is 2.42. The molecule has 13 heavy (non-hydrogen) atoms. The first-order valence-corrected chi connectivity index (χ1v) is 5.11. The third-order valence-corrected chi connectivity index (χ3v) is 3.03. The van der Waals surface area contributed by atoms with Crippen molar-refractivity contribution in [1.29, 1.82) is 0 Å². The highest BCUT2D eigenvalue weighted by Crippen LogP contribution is 2.35. The molecule has 1 saturated carbocycles. The first-order chi connectivity index (χ1) is 6.18. The molecule has 3 nitrogen and oxygen atoms in total. The summed E-state index contributed by atoms with van der Waals surface area (Å²) in [5.74, 6) is -0.168. The average Bonchev–Trinajstić information content (AvgIpc) is 2.16. The van der Waals surface area contributed by atoms with Crippen molar-refractivity contribution in [2.45, 2.75) is 39.0 Å². The predicted molar refractivity (Wildman–Crippen MR) is 49.9 cm³/mol. The fourth-order valence-electron chi connectivity index (χ4n) is 2.02. The number of hydrogen-bond acceptors (Lipinski definition) is 2. The Labute approximate surface area is 79.6 Å². The van der Waals surface area contributed by atoms with Gasteiger partial charge in [-0.2, -0.15) is 0 Å². The van der Waals surface area contributed by atoms with Gasteiger partial charge in [0.05, 0.1) is 12.0 Å². The summed E-state index contributed by atoms with van der Waals surface area (Å²) < 4.78 is 5.10. The normalized spacial score (nSPS) is 21.1. The molecule has 1 aliphatic carbocycles. The van der Waals surface area contributed by atoms with Gasteiger partial charge in [-0.05, 0) is 12.8 Å². The molecule has 0 aromatic rings. The van der Waals surface area contributed by atoms with E-state index in [-0.39, 0.29) is 11.4 Å². The minimum atomic E-state index is -0.168. The molecular formula is C10H20NO2+. The van der Waals surface area contributed by atoms with E-state index in [4.69, 9.17) is 4.74 Å². The lowest BCUT2D eigenvalue weighted by atomic mass is 9.75. The molecule has 76 valence electrons. The van der Waals surface area contributed by atoms with E-state index in [1.807, 2.05) is 0 Å². The Hall–Kier alpha value is -0.570. The van der Waals surface area contributed by atoms with Crippen LogP contribution >= 0.6 is 0 Å². The monoisotopic (exact) mass is 186 g/mol. The third-order valence-electron chi connectivity index (χ3n) is 3.03. The molecule has 0 aliphatic heterocycles. The van der Waals surface area contributed by atoms with Crippen LogP contribution in [0.15, 0.2) is 0 Å². The molecule has 0 radical (unpaired) electrons. The molecule has 1 rings (SSSR count). The van der Waals surface area contributed by atoms with E-state index in [2.05, 4.69) is 5.73 Å². The van der Waals surface area contributed by atoms with E-state index >= 15 is 0 Å². The lowest BCUT2D eigenvalue weighted by molar-refractivity contribution is -0.397. The van der Waals surface area contributed by atoms with Crippen molar-refractivity contribution < 1.29 is 15.3 Å². The summed E-state index contributed by atoms with van der Waals surface area (Å²) in [6.45, 7) is 2.94. The topological polar surface area (TPSA) is 53.9 Å². The molecular weight excluding hydrogens is 166 g/mol. The molecule has 0 amide bonds. The van der Waals surface area contributed by atoms with Crippen LogP contribution in [0.4, 0.5) is 0 Å². The lowest BCUT2D eigenvalue weighted by Crippen LogP contribution is -2.60. The van der Waals surface area contributed by atoms with E-state index in [1.54, 1.807) is 0 Å². The third kappa shape index (κ3) is 2.99. The highest BCUT2D eigenvalue weighted by Gasteiger charge is 2.33. The minimum absolute atomic E-state index is 0.168. The van der Waals surface area contributed by atoms with Crippen LogP contribution in [0, 0.1) is 5.41 Å². The molecule has 0 atom stereocenters. The maximum atomic E-state index is 10.7. The Morgan fingerprint density at radius 1 is 1.38 bits per heavy atom. The molecule has 0 heterocycles. The van der Waals surface area contributed by atoms with Crippen molar-refractivity contribution in [1.82, 2.24) is 0 Å². The van der Waals surface area contributed by atoms with E-state index < -0.39 is 0 Å². The molecule has 0 aromatic heterocycles. The molecule has 0 aromatic carbocycles. The molecule has 1 aliphatic rings. The van der Waals surface area contributed by atoms with Gasteiger partial charge in [0.1, 0.15) is 6.61 Å². The summed E-state index contributed by atoms with van der Waals surface area (Å²) in [5, 5.41) is 0. The molecule has 0 unspecified atom stereocenters. The smallest absolute Gasteiger partial charge is 0.302 e. The quantitative estimate of drug-likeness (QED) is 0.661. The second kappa shape index (κ2) is 4.61. The van der Waals surface area contributed by atoms with Crippen LogP contribution < -0.4 is 5.73 Å². The van der Waals surface area contributed by atoms with Crippen molar-refractivity contribution >= 4 is 5.97 Å². The summed E-state index contributed by atoms with van der Waals surface area (Å²) in [4.78, 5) is 10.7. The number of carbonyl (C=O) groups is 1. The van der Waals surface area contributed by atoms with Crippen LogP contribution in [0.3, 0.4) is 0 Å². The molecule has 3 heteroatoms. The maximum Gasteiger partial charge on any atom is 0.302 e. The maximum absolute atomic E-state index is 10.7. The van der Waals surface area contributed by atoms with Crippen LogP contribution in [-0.4, -0.2) is 19.1 Å². The zero-order chi connectivity index (χ0) is 9.73. The lowest BCUT2D eigenvalue weighted by Gasteiger charge is -2.33. The fraction of sp³-hybridized carbons (Fsp3) is 0.900. The number of quaternary nitrogens is 1. The Kier molecular flexibility index (Phi) is 3.72. The summed E-state index contributed by atoms with van der Waals surface area (Å²) in [6, 6.07) is 0. The van der Waals surface area contributed by atoms with E-state index in [0.717, 1.165) is 6.54 Å². The van der Waals surface area contributed by atoms with Gasteiger partial charge in [0.15, 0.2) is 0 Å². The summed E-state index contributed by atoms with van der Waals surface area (Å²) in [6.07, 6.45) is 6.18. The first-order valence-electron chi connectivity index (χ1n) is 5.11. The average molecular weight is 186 g/mol. The molecule has 1 fully saturated rings. The van der Waals surface area contributed by atoms with Crippen LogP contribution in [0.25, 0.3) is 0 Å². The number of ether oxygens (including phenoxy) is 1. The second-order valence-electron chi connectivity index (χ2n) is 4.09. The summed E-state index contributed by atoms with van der Waals surface area (Å²) in [7, 11) is 0. The number of esters is 1. The SMILES string of the molecule is CC(=O)OCC1(C[NH3+])CCCCC1. The van der Waals surface area contributed by atoms with Crippen LogP contribution in [0.2, 0.25) is 0 Å². The van der Waals surface area contributed by atoms with Gasteiger partial charge in [0.2, 0.25) is 0 Å². The largest absolute Gasteiger partial charge is 0.465 e. The highest BCUT2D eigenvalue weighted by molar-refractivity contribution is 5.65. The molecule has 0 bridgehead atoms. The van der Waals surface area contributed by atoms with Gasteiger partial charge < -0.3 is 10.5 Å². The van der Waals surface area contributed by atoms with Gasteiger partial charge >= 0.3 is 5.97 Å². The Morgan fingerprint density at radius 2 is 2.00 bits per heavy atom. The van der Waals surface area contributed by atoms with E-state index in [0.29, 0.717) is 6.61 Å². The summed E-state index contributed by atoms with van der Waals surface area (Å²) >= 11 is 0. The highest BCUT2D eigenvalue weighted by atomic mass is 16.5. The molecule has 0 spiro atoms. The zero-order valence-corrected chi connectivity index (χ0v) is 8.47. The van der Waals surface area contributed by atoms with Gasteiger partial charge in [-0.25, -0.2) is 0 Å². The van der Waals surface area contributed by atoms with Gasteiger partial charge in [-0.3, -0.25) is 4.79 Å². The van der Waals surface area contributed by atoms with Crippen molar-refractivity contribution in [3.05, 3.63) is 0 Å². The van der Waals surface area contributed by atoms with Gasteiger partial charge in [0, 0.05) is 6.92 Å². The number of hydrogen-bond donors (Lipinski definition) is 1. The standard InChI is InChI=1S/C10H19NO2/c1-9(12)13-8-10(7-11)5-3-2-4-6-10/h2-8,11H2,1H3/p+1. The zero-order valence-electron chi connectivity index (χ0n) is 8.47. The fourth-order valence-corrected chi connectivity index (χ4v) is 2.02. The van der Waals surface area contributed by atoms with Crippen LogP contribution in [0.5, 0.6) is 0 Å².